The van der Waals surface area contributed by atoms with Gasteiger partial charge in [0.2, 0.25) is 0 Å². The number of rotatable bonds is 6. The molecule has 1 saturated carbocycles. The number of nitrogens with two attached hydrogens (primary N) is 1. The van der Waals surface area contributed by atoms with Crippen LogP contribution in [0.3, 0.4) is 0 Å². The van der Waals surface area contributed by atoms with Gasteiger partial charge < -0.3 is 4.74 Å². The molecule has 1 unspecified atom stereocenters. The average Bonchev–Trinajstić information content (AvgIpc) is 2.85. The number of aromatic nitrogens is 2. The maximum absolute atomic E-state index is 6.22. The standard InChI is InChI=1S/C16H30N4O/c1-5-21-16(9-7-15(2,3)8-10-16)14(18-17)12-13-6-11-20(4)19-13/h6,11,14,18H,5,7-10,12,17H2,1-4H3. The molecule has 120 valence electrons. The lowest BCUT2D eigenvalue weighted by Crippen LogP contribution is -2.58. The highest BCUT2D eigenvalue weighted by molar-refractivity contribution is 5.07. The molecule has 1 heterocycles. The summed E-state index contributed by atoms with van der Waals surface area (Å²) in [5.41, 5.74) is 4.31. The molecule has 1 aromatic rings. The second kappa shape index (κ2) is 6.46. The minimum Gasteiger partial charge on any atom is -0.374 e. The molecule has 0 radical (unpaired) electrons. The first kappa shape index (κ1) is 16.5. The fourth-order valence-corrected chi connectivity index (χ4v) is 3.41. The molecule has 0 spiro atoms. The summed E-state index contributed by atoms with van der Waals surface area (Å²) in [6.45, 7) is 7.47. The Morgan fingerprint density at radius 2 is 2.05 bits per heavy atom. The molecular formula is C16H30N4O. The Kier molecular flexibility index (Phi) is 5.07. The van der Waals surface area contributed by atoms with Crippen molar-refractivity contribution < 1.29 is 4.74 Å². The molecule has 0 aliphatic heterocycles. The van der Waals surface area contributed by atoms with E-state index in [2.05, 4.69) is 37.4 Å². The van der Waals surface area contributed by atoms with Crippen LogP contribution in [-0.2, 0) is 18.2 Å². The Bertz CT molecular complexity index is 445. The lowest BCUT2D eigenvalue weighted by Gasteiger charge is -2.47. The quantitative estimate of drug-likeness (QED) is 0.623. The summed E-state index contributed by atoms with van der Waals surface area (Å²) in [6, 6.07) is 2.15. The summed E-state index contributed by atoms with van der Waals surface area (Å²) in [5, 5.41) is 4.48. The third-order valence-electron chi connectivity index (χ3n) is 4.90. The number of nitrogens with one attached hydrogen (secondary N) is 1. The predicted molar refractivity (Wildman–Crippen MR) is 84.6 cm³/mol. The van der Waals surface area contributed by atoms with Crippen LogP contribution in [0, 0.1) is 5.41 Å². The average molecular weight is 294 g/mol. The van der Waals surface area contributed by atoms with E-state index in [1.54, 1.807) is 0 Å². The Hall–Kier alpha value is -0.910. The highest BCUT2D eigenvalue weighted by atomic mass is 16.5. The number of hydrogen-bond acceptors (Lipinski definition) is 4. The van der Waals surface area contributed by atoms with E-state index in [-0.39, 0.29) is 11.6 Å². The first-order valence-electron chi connectivity index (χ1n) is 7.99. The van der Waals surface area contributed by atoms with E-state index in [0.29, 0.717) is 5.41 Å². The summed E-state index contributed by atoms with van der Waals surface area (Å²) >= 11 is 0. The van der Waals surface area contributed by atoms with Crippen LogP contribution in [0.1, 0.15) is 52.1 Å². The molecule has 0 aromatic carbocycles. The van der Waals surface area contributed by atoms with E-state index < -0.39 is 0 Å². The van der Waals surface area contributed by atoms with Gasteiger partial charge in [-0.2, -0.15) is 5.10 Å². The van der Waals surface area contributed by atoms with Crippen molar-refractivity contribution in [2.24, 2.45) is 18.3 Å². The van der Waals surface area contributed by atoms with Gasteiger partial charge in [-0.25, -0.2) is 0 Å². The van der Waals surface area contributed by atoms with Crippen LogP contribution in [0.15, 0.2) is 12.3 Å². The smallest absolute Gasteiger partial charge is 0.0852 e. The van der Waals surface area contributed by atoms with Gasteiger partial charge in [-0.3, -0.25) is 16.0 Å². The van der Waals surface area contributed by atoms with Crippen LogP contribution >= 0.6 is 0 Å². The van der Waals surface area contributed by atoms with Gasteiger partial charge in [0.25, 0.3) is 0 Å². The van der Waals surface area contributed by atoms with Crippen LogP contribution in [0.5, 0.6) is 0 Å². The monoisotopic (exact) mass is 294 g/mol. The number of ether oxygens (including phenoxy) is 1. The molecule has 0 bridgehead atoms. The van der Waals surface area contributed by atoms with Crippen molar-refractivity contribution in [3.8, 4) is 0 Å². The van der Waals surface area contributed by atoms with Crippen molar-refractivity contribution in [3.05, 3.63) is 18.0 Å². The van der Waals surface area contributed by atoms with Crippen molar-refractivity contribution in [2.75, 3.05) is 6.61 Å². The number of aryl methyl sites for hydroxylation is 1. The summed E-state index contributed by atoms with van der Waals surface area (Å²) in [4.78, 5) is 0. The molecule has 3 N–H and O–H groups in total. The Labute approximate surface area is 128 Å². The molecule has 5 nitrogen and oxygen atoms in total. The molecule has 1 aliphatic carbocycles. The van der Waals surface area contributed by atoms with Crippen LogP contribution in [-0.4, -0.2) is 28.0 Å². The van der Waals surface area contributed by atoms with Gasteiger partial charge in [-0.1, -0.05) is 13.8 Å². The molecule has 1 aromatic heterocycles. The zero-order valence-electron chi connectivity index (χ0n) is 13.9. The third-order valence-corrected chi connectivity index (χ3v) is 4.90. The van der Waals surface area contributed by atoms with Crippen LogP contribution in [0.4, 0.5) is 0 Å². The van der Waals surface area contributed by atoms with Gasteiger partial charge in [-0.05, 0) is 44.1 Å². The predicted octanol–water partition coefficient (Wildman–Crippen LogP) is 2.17. The molecule has 0 amide bonds. The van der Waals surface area contributed by atoms with Gasteiger partial charge in [0, 0.05) is 26.3 Å². The van der Waals surface area contributed by atoms with Crippen molar-refractivity contribution in [3.63, 3.8) is 0 Å². The highest BCUT2D eigenvalue weighted by Crippen LogP contribution is 2.44. The molecule has 21 heavy (non-hydrogen) atoms. The van der Waals surface area contributed by atoms with Gasteiger partial charge in [-0.15, -0.1) is 0 Å². The van der Waals surface area contributed by atoms with Gasteiger partial charge in [0.05, 0.1) is 17.3 Å². The molecule has 1 fully saturated rings. The fourth-order valence-electron chi connectivity index (χ4n) is 3.41. The minimum absolute atomic E-state index is 0.100. The third kappa shape index (κ3) is 3.84. The first-order valence-corrected chi connectivity index (χ1v) is 7.99. The molecule has 5 heteroatoms. The molecular weight excluding hydrogens is 264 g/mol. The molecule has 0 saturated heterocycles. The number of hydrogen-bond donors (Lipinski definition) is 2. The normalized spacial score (nSPS) is 22.1. The Morgan fingerprint density at radius 1 is 1.38 bits per heavy atom. The lowest BCUT2D eigenvalue weighted by atomic mass is 9.68. The van der Waals surface area contributed by atoms with E-state index in [1.807, 2.05) is 17.9 Å². The summed E-state index contributed by atoms with van der Waals surface area (Å²) in [5.74, 6) is 5.88. The Balaban J connectivity index is 2.14. The van der Waals surface area contributed by atoms with Crippen molar-refractivity contribution in [2.45, 2.75) is 64.5 Å². The maximum Gasteiger partial charge on any atom is 0.0852 e. The number of hydrazine groups is 1. The lowest BCUT2D eigenvalue weighted by molar-refractivity contribution is -0.106. The zero-order chi connectivity index (χ0) is 15.5. The molecule has 1 atom stereocenters. The fraction of sp³-hybridized carbons (Fsp3) is 0.812. The summed E-state index contributed by atoms with van der Waals surface area (Å²) < 4.78 is 8.05. The summed E-state index contributed by atoms with van der Waals surface area (Å²) in [6.07, 6.45) is 7.23. The second-order valence-electron chi connectivity index (χ2n) is 7.07. The Morgan fingerprint density at radius 3 is 2.52 bits per heavy atom. The van der Waals surface area contributed by atoms with Crippen LogP contribution in [0.2, 0.25) is 0 Å². The maximum atomic E-state index is 6.22. The molecule has 2 rings (SSSR count). The van der Waals surface area contributed by atoms with E-state index in [4.69, 9.17) is 10.6 Å². The number of nitrogens with zero attached hydrogens (tertiary/aromatic N) is 2. The summed E-state index contributed by atoms with van der Waals surface area (Å²) in [7, 11) is 1.94. The largest absolute Gasteiger partial charge is 0.374 e. The minimum atomic E-state index is -0.170. The van der Waals surface area contributed by atoms with Crippen LogP contribution < -0.4 is 11.3 Å². The van der Waals surface area contributed by atoms with Crippen molar-refractivity contribution >= 4 is 0 Å². The van der Waals surface area contributed by atoms with E-state index in [1.165, 1.54) is 12.8 Å². The molecule has 1 aliphatic rings. The van der Waals surface area contributed by atoms with Crippen molar-refractivity contribution in [1.29, 1.82) is 0 Å². The van der Waals surface area contributed by atoms with Gasteiger partial charge >= 0.3 is 0 Å². The van der Waals surface area contributed by atoms with Gasteiger partial charge in [0.1, 0.15) is 0 Å². The van der Waals surface area contributed by atoms with E-state index in [9.17, 15) is 0 Å². The van der Waals surface area contributed by atoms with E-state index in [0.717, 1.165) is 31.6 Å². The zero-order valence-corrected chi connectivity index (χ0v) is 13.9. The van der Waals surface area contributed by atoms with Crippen molar-refractivity contribution in [1.82, 2.24) is 15.2 Å². The SMILES string of the molecule is CCOC1(C(Cc2ccn(C)n2)NN)CCC(C)(C)CC1. The van der Waals surface area contributed by atoms with Crippen LogP contribution in [0.25, 0.3) is 0 Å². The van der Waals surface area contributed by atoms with Gasteiger partial charge in [0.15, 0.2) is 0 Å². The first-order chi connectivity index (χ1) is 9.91. The highest BCUT2D eigenvalue weighted by Gasteiger charge is 2.44. The second-order valence-corrected chi connectivity index (χ2v) is 7.07. The topological polar surface area (TPSA) is 65.1 Å². The van der Waals surface area contributed by atoms with E-state index >= 15 is 0 Å².